The van der Waals surface area contributed by atoms with Crippen molar-refractivity contribution in [3.63, 3.8) is 0 Å². The lowest BCUT2D eigenvalue weighted by molar-refractivity contribution is -0.142. The Morgan fingerprint density at radius 1 is 1.45 bits per heavy atom. The number of benzene rings is 1. The lowest BCUT2D eigenvalue weighted by Gasteiger charge is -2.20. The van der Waals surface area contributed by atoms with Crippen LogP contribution in [-0.4, -0.2) is 31.1 Å². The van der Waals surface area contributed by atoms with E-state index in [0.717, 1.165) is 5.56 Å². The normalized spacial score (nSPS) is 22.2. The fourth-order valence-electron chi connectivity index (χ4n) is 2.06. The van der Waals surface area contributed by atoms with Gasteiger partial charge >= 0.3 is 0 Å². The molecule has 1 aromatic rings. The molecule has 0 unspecified atom stereocenters. The van der Waals surface area contributed by atoms with Crippen molar-refractivity contribution in [3.8, 4) is 0 Å². The molecule has 0 spiro atoms. The van der Waals surface area contributed by atoms with Crippen molar-refractivity contribution in [2.24, 2.45) is 5.11 Å². The van der Waals surface area contributed by atoms with Crippen molar-refractivity contribution in [2.75, 3.05) is 13.2 Å². The molecule has 108 valence electrons. The monoisotopic (exact) mass is 277 g/mol. The molecule has 20 heavy (non-hydrogen) atoms. The molecule has 1 aromatic carbocycles. The third-order valence-corrected chi connectivity index (χ3v) is 3.06. The summed E-state index contributed by atoms with van der Waals surface area (Å²) in [5.41, 5.74) is 9.73. The average molecular weight is 277 g/mol. The zero-order valence-corrected chi connectivity index (χ0v) is 11.7. The zero-order chi connectivity index (χ0) is 14.4. The minimum absolute atomic E-state index is 0.267. The molecule has 0 bridgehead atoms. The first-order valence-electron chi connectivity index (χ1n) is 6.58. The highest BCUT2D eigenvalue weighted by Crippen LogP contribution is 2.25. The predicted octanol–water partition coefficient (Wildman–Crippen LogP) is 3.03. The van der Waals surface area contributed by atoms with Gasteiger partial charge in [0.05, 0.1) is 32.0 Å². The van der Waals surface area contributed by atoms with Crippen molar-refractivity contribution in [3.05, 3.63) is 46.3 Å². The summed E-state index contributed by atoms with van der Waals surface area (Å²) < 4.78 is 16.8. The Morgan fingerprint density at radius 3 is 2.80 bits per heavy atom. The van der Waals surface area contributed by atoms with Crippen molar-refractivity contribution in [1.29, 1.82) is 0 Å². The number of hydrogen-bond donors (Lipinski definition) is 0. The Balaban J connectivity index is 1.85. The van der Waals surface area contributed by atoms with Gasteiger partial charge in [0.2, 0.25) is 0 Å². The maximum atomic E-state index is 8.65. The second kappa shape index (κ2) is 6.72. The summed E-state index contributed by atoms with van der Waals surface area (Å²) >= 11 is 0. The first-order chi connectivity index (χ1) is 9.61. The van der Waals surface area contributed by atoms with Crippen LogP contribution >= 0.6 is 0 Å². The van der Waals surface area contributed by atoms with Crippen LogP contribution in [0.25, 0.3) is 10.4 Å². The molecule has 6 nitrogen and oxygen atoms in total. The molecule has 1 fully saturated rings. The average Bonchev–Trinajstić information content (AvgIpc) is 2.79. The zero-order valence-electron chi connectivity index (χ0n) is 11.7. The van der Waals surface area contributed by atoms with Gasteiger partial charge in [0.25, 0.3) is 0 Å². The van der Waals surface area contributed by atoms with E-state index in [9.17, 15) is 0 Å². The van der Waals surface area contributed by atoms with Crippen LogP contribution in [0, 0.1) is 0 Å². The molecule has 6 heteroatoms. The Bertz CT molecular complexity index is 472. The molecule has 0 saturated carbocycles. The van der Waals surface area contributed by atoms with Crippen molar-refractivity contribution < 1.29 is 14.2 Å². The maximum absolute atomic E-state index is 8.65. The van der Waals surface area contributed by atoms with E-state index in [4.69, 9.17) is 19.7 Å². The third kappa shape index (κ3) is 4.21. The van der Waals surface area contributed by atoms with E-state index in [1.54, 1.807) is 0 Å². The minimum atomic E-state index is -0.632. The highest BCUT2D eigenvalue weighted by atomic mass is 16.7. The predicted molar refractivity (Wildman–Crippen MR) is 73.9 cm³/mol. The molecule has 0 amide bonds. The topological polar surface area (TPSA) is 76.5 Å². The van der Waals surface area contributed by atoms with Gasteiger partial charge in [-0.2, -0.15) is 0 Å². The summed E-state index contributed by atoms with van der Waals surface area (Å²) in [5, 5.41) is 3.75. The summed E-state index contributed by atoms with van der Waals surface area (Å²) in [6.07, 6.45) is -0.267. The van der Waals surface area contributed by atoms with E-state index in [1.807, 2.05) is 44.2 Å². The highest BCUT2D eigenvalue weighted by Gasteiger charge is 2.37. The Kier molecular flexibility index (Phi) is 4.98. The molecule has 1 aliphatic rings. The Hall–Kier alpha value is -1.59. The smallest absolute Gasteiger partial charge is 0.163 e. The van der Waals surface area contributed by atoms with Gasteiger partial charge in [-0.05, 0) is 24.9 Å². The van der Waals surface area contributed by atoms with Crippen LogP contribution in [0.2, 0.25) is 0 Å². The van der Waals surface area contributed by atoms with Gasteiger partial charge in [0.1, 0.15) is 0 Å². The molecule has 0 N–H and O–H groups in total. The second-order valence-electron chi connectivity index (χ2n) is 5.14. The van der Waals surface area contributed by atoms with Gasteiger partial charge in [0.15, 0.2) is 5.79 Å². The van der Waals surface area contributed by atoms with Gasteiger partial charge in [-0.1, -0.05) is 35.4 Å². The molecule has 1 aliphatic heterocycles. The largest absolute Gasteiger partial charge is 0.376 e. The third-order valence-electron chi connectivity index (χ3n) is 3.06. The summed E-state index contributed by atoms with van der Waals surface area (Å²) in [6, 6.07) is 9.46. The first kappa shape index (κ1) is 14.8. The van der Waals surface area contributed by atoms with E-state index >= 15 is 0 Å². The first-order valence-corrected chi connectivity index (χ1v) is 6.58. The fraction of sp³-hybridized carbons (Fsp3) is 0.571. The molecule has 0 aromatic heterocycles. The number of azide groups is 1. The van der Waals surface area contributed by atoms with Gasteiger partial charge in [0, 0.05) is 4.91 Å². The van der Waals surface area contributed by atoms with Crippen LogP contribution in [0.15, 0.2) is 35.4 Å². The highest BCUT2D eigenvalue weighted by molar-refractivity contribution is 5.13. The SMILES string of the molecule is CC1(C)OC[C@H]([C@@H](COCc2ccccc2)N=[N+]=[N-])O1. The number of ether oxygens (including phenoxy) is 3. The van der Waals surface area contributed by atoms with E-state index < -0.39 is 5.79 Å². The standard InChI is InChI=1S/C14H19N3O3/c1-14(2)19-10-13(20-14)12(16-17-15)9-18-8-11-6-4-3-5-7-11/h3-7,12-13H,8-10H2,1-2H3/t12-,13-/m1/s1. The van der Waals surface area contributed by atoms with E-state index in [-0.39, 0.29) is 12.1 Å². The number of rotatable bonds is 6. The quantitative estimate of drug-likeness (QED) is 0.455. The van der Waals surface area contributed by atoms with Crippen LogP contribution < -0.4 is 0 Å². The summed E-state index contributed by atoms with van der Waals surface area (Å²) in [4.78, 5) is 2.86. The molecule has 1 saturated heterocycles. The maximum Gasteiger partial charge on any atom is 0.163 e. The van der Waals surface area contributed by atoms with Gasteiger partial charge in [-0.15, -0.1) is 0 Å². The molecule has 1 heterocycles. The second-order valence-corrected chi connectivity index (χ2v) is 5.14. The summed E-state index contributed by atoms with van der Waals surface area (Å²) in [7, 11) is 0. The molecule has 0 radical (unpaired) electrons. The molecule has 2 rings (SSSR count). The number of hydrogen-bond acceptors (Lipinski definition) is 4. The number of nitrogens with zero attached hydrogens (tertiary/aromatic N) is 3. The van der Waals surface area contributed by atoms with E-state index in [0.29, 0.717) is 19.8 Å². The fourth-order valence-corrected chi connectivity index (χ4v) is 2.06. The molecular weight excluding hydrogens is 258 g/mol. The van der Waals surface area contributed by atoms with Crippen LogP contribution in [0.1, 0.15) is 19.4 Å². The van der Waals surface area contributed by atoms with E-state index in [1.165, 1.54) is 0 Å². The lowest BCUT2D eigenvalue weighted by atomic mass is 10.2. The lowest BCUT2D eigenvalue weighted by Crippen LogP contribution is -2.32. The van der Waals surface area contributed by atoms with Gasteiger partial charge in [-0.25, -0.2) is 0 Å². The van der Waals surface area contributed by atoms with Crippen LogP contribution in [0.4, 0.5) is 0 Å². The Labute approximate surface area is 118 Å². The van der Waals surface area contributed by atoms with Crippen LogP contribution in [0.5, 0.6) is 0 Å². The van der Waals surface area contributed by atoms with Crippen LogP contribution in [-0.2, 0) is 20.8 Å². The summed E-state index contributed by atoms with van der Waals surface area (Å²) in [6.45, 7) is 4.87. The van der Waals surface area contributed by atoms with Crippen LogP contribution in [0.3, 0.4) is 0 Å². The molecular formula is C14H19N3O3. The van der Waals surface area contributed by atoms with Gasteiger partial charge < -0.3 is 14.2 Å². The van der Waals surface area contributed by atoms with Crippen molar-refractivity contribution in [1.82, 2.24) is 0 Å². The molecule has 0 aliphatic carbocycles. The van der Waals surface area contributed by atoms with Crippen molar-refractivity contribution in [2.45, 2.75) is 38.4 Å². The van der Waals surface area contributed by atoms with E-state index in [2.05, 4.69) is 10.0 Å². The van der Waals surface area contributed by atoms with Crippen molar-refractivity contribution >= 4 is 0 Å². The van der Waals surface area contributed by atoms with Gasteiger partial charge in [-0.3, -0.25) is 0 Å². The molecule has 2 atom stereocenters. The summed E-state index contributed by atoms with van der Waals surface area (Å²) in [5.74, 6) is -0.632. The minimum Gasteiger partial charge on any atom is -0.376 e. The Morgan fingerprint density at radius 2 is 2.20 bits per heavy atom.